The number of carbonyl (C=O) groups is 2. The van der Waals surface area contributed by atoms with Crippen LogP contribution >= 0.6 is 24.8 Å². The van der Waals surface area contributed by atoms with Crippen molar-refractivity contribution >= 4 is 42.6 Å². The van der Waals surface area contributed by atoms with Crippen molar-refractivity contribution in [3.05, 3.63) is 23.4 Å². The van der Waals surface area contributed by atoms with Gasteiger partial charge in [-0.1, -0.05) is 6.07 Å². The highest BCUT2D eigenvalue weighted by Crippen LogP contribution is 2.33. The van der Waals surface area contributed by atoms with Gasteiger partial charge in [-0.15, -0.1) is 24.8 Å². The van der Waals surface area contributed by atoms with Gasteiger partial charge in [0, 0.05) is 50.8 Å². The van der Waals surface area contributed by atoms with E-state index >= 15 is 0 Å². The fourth-order valence-corrected chi connectivity index (χ4v) is 5.01. The number of rotatable bonds is 5. The maximum Gasteiger partial charge on any atom is 0.326 e. The molecule has 0 spiro atoms. The number of carbonyl (C=O) groups excluding carboxylic acids is 1. The normalized spacial score (nSPS) is 24.1. The zero-order valence-electron chi connectivity index (χ0n) is 18.2. The highest BCUT2D eigenvalue weighted by molar-refractivity contribution is 5.93. The Hall–Kier alpha value is -1.57. The summed E-state index contributed by atoms with van der Waals surface area (Å²) in [6.07, 6.45) is 6.97. The SMILES string of the molecule is CN1CCc2ccc(N3CCN([C@H]4CC[C@H](CCC(=O)O)CC4)C3=O)nc2CC1.Cl.Cl. The van der Waals surface area contributed by atoms with Crippen LogP contribution in [0.4, 0.5) is 10.6 Å². The Kier molecular flexibility index (Phi) is 9.40. The molecule has 0 radical (unpaired) electrons. The lowest BCUT2D eigenvalue weighted by Crippen LogP contribution is -2.41. The molecule has 0 unspecified atom stereocenters. The molecule has 2 amide bonds. The fraction of sp³-hybridized carbons (Fsp3) is 0.682. The number of hydrogen-bond acceptors (Lipinski definition) is 4. The fourth-order valence-electron chi connectivity index (χ4n) is 5.01. The highest BCUT2D eigenvalue weighted by Gasteiger charge is 2.37. The van der Waals surface area contributed by atoms with Gasteiger partial charge in [-0.25, -0.2) is 9.78 Å². The standard InChI is InChI=1S/C22H32N4O3.2ClH/c1-24-12-10-17-5-8-20(23-19(17)11-13-24)26-15-14-25(22(26)29)18-6-2-16(3-7-18)4-9-21(27)28;;/h5,8,16,18H,2-4,6-7,9-15H2,1H3,(H,27,28);2*1H/t16-,18-;;. The Balaban J connectivity index is 0.00000171. The van der Waals surface area contributed by atoms with Gasteiger partial charge in [0.1, 0.15) is 5.82 Å². The summed E-state index contributed by atoms with van der Waals surface area (Å²) >= 11 is 0. The van der Waals surface area contributed by atoms with Gasteiger partial charge in [0.15, 0.2) is 0 Å². The number of aromatic nitrogens is 1. The highest BCUT2D eigenvalue weighted by atomic mass is 35.5. The maximum absolute atomic E-state index is 13.1. The molecule has 4 rings (SSSR count). The summed E-state index contributed by atoms with van der Waals surface area (Å²) in [4.78, 5) is 35.0. The van der Waals surface area contributed by atoms with E-state index in [9.17, 15) is 9.59 Å². The molecule has 1 aromatic heterocycles. The number of pyridine rings is 1. The van der Waals surface area contributed by atoms with Crippen LogP contribution in [0, 0.1) is 5.92 Å². The third-order valence-corrected chi connectivity index (χ3v) is 6.89. The van der Waals surface area contributed by atoms with E-state index in [0.29, 0.717) is 12.5 Å². The van der Waals surface area contributed by atoms with Crippen LogP contribution in [0.2, 0.25) is 0 Å². The number of aliphatic carboxylic acids is 1. The number of hydrogen-bond donors (Lipinski definition) is 1. The molecule has 9 heteroatoms. The van der Waals surface area contributed by atoms with E-state index < -0.39 is 5.97 Å². The van der Waals surface area contributed by atoms with Crippen molar-refractivity contribution < 1.29 is 14.7 Å². The first-order valence-corrected chi connectivity index (χ1v) is 11.0. The van der Waals surface area contributed by atoms with Gasteiger partial charge in [-0.05, 0) is 63.1 Å². The van der Waals surface area contributed by atoms with Crippen molar-refractivity contribution in [3.8, 4) is 0 Å². The number of nitrogens with zero attached hydrogens (tertiary/aromatic N) is 4. The number of halogens is 2. The van der Waals surface area contributed by atoms with Crippen molar-refractivity contribution in [3.63, 3.8) is 0 Å². The van der Waals surface area contributed by atoms with Crippen LogP contribution in [0.3, 0.4) is 0 Å². The molecule has 1 saturated heterocycles. The zero-order chi connectivity index (χ0) is 20.4. The van der Waals surface area contributed by atoms with E-state index in [2.05, 4.69) is 18.0 Å². The van der Waals surface area contributed by atoms with Crippen LogP contribution in [-0.4, -0.2) is 71.2 Å². The summed E-state index contributed by atoms with van der Waals surface area (Å²) in [6.45, 7) is 3.52. The minimum absolute atomic E-state index is 0. The third-order valence-electron chi connectivity index (χ3n) is 6.89. The van der Waals surface area contributed by atoms with Gasteiger partial charge in [0.2, 0.25) is 0 Å². The predicted octanol–water partition coefficient (Wildman–Crippen LogP) is 3.62. The molecular weight excluding hydrogens is 439 g/mol. The summed E-state index contributed by atoms with van der Waals surface area (Å²) in [5.74, 6) is 0.564. The second-order valence-electron chi connectivity index (χ2n) is 8.81. The molecule has 3 heterocycles. The van der Waals surface area contributed by atoms with Crippen LogP contribution in [0.25, 0.3) is 0 Å². The molecule has 2 aliphatic heterocycles. The largest absolute Gasteiger partial charge is 0.481 e. The second kappa shape index (κ2) is 11.3. The van der Waals surface area contributed by atoms with Crippen molar-refractivity contribution in [1.82, 2.24) is 14.8 Å². The average Bonchev–Trinajstić information content (AvgIpc) is 3.00. The van der Waals surface area contributed by atoms with E-state index in [1.54, 1.807) is 0 Å². The molecule has 7 nitrogen and oxygen atoms in total. The van der Waals surface area contributed by atoms with Crippen LogP contribution in [0.5, 0.6) is 0 Å². The van der Waals surface area contributed by atoms with Crippen molar-refractivity contribution in [1.29, 1.82) is 0 Å². The van der Waals surface area contributed by atoms with Gasteiger partial charge in [0.25, 0.3) is 0 Å². The Morgan fingerprint density at radius 1 is 1.06 bits per heavy atom. The van der Waals surface area contributed by atoms with Crippen LogP contribution in [0.15, 0.2) is 12.1 Å². The Morgan fingerprint density at radius 2 is 1.77 bits per heavy atom. The number of fused-ring (bicyclic) bond motifs is 1. The topological polar surface area (TPSA) is 77.0 Å². The molecule has 2 fully saturated rings. The van der Waals surface area contributed by atoms with E-state index in [1.165, 1.54) is 5.56 Å². The molecule has 174 valence electrons. The molecule has 1 aromatic rings. The average molecular weight is 473 g/mol. The lowest BCUT2D eigenvalue weighted by Gasteiger charge is -2.34. The molecule has 0 atom stereocenters. The first-order chi connectivity index (χ1) is 14.0. The number of carboxylic acid groups (broad SMARTS) is 1. The van der Waals surface area contributed by atoms with Crippen LogP contribution in [0.1, 0.15) is 49.8 Å². The number of carboxylic acids is 1. The molecule has 1 saturated carbocycles. The quantitative estimate of drug-likeness (QED) is 0.707. The van der Waals surface area contributed by atoms with E-state index in [0.717, 1.165) is 76.1 Å². The van der Waals surface area contributed by atoms with E-state index in [1.807, 2.05) is 15.9 Å². The van der Waals surface area contributed by atoms with Crippen molar-refractivity contribution in [2.45, 2.75) is 57.4 Å². The van der Waals surface area contributed by atoms with Crippen LogP contribution < -0.4 is 4.90 Å². The molecular formula is C22H34Cl2N4O3. The van der Waals surface area contributed by atoms with E-state index in [-0.39, 0.29) is 43.3 Å². The lowest BCUT2D eigenvalue weighted by molar-refractivity contribution is -0.137. The van der Waals surface area contributed by atoms with Gasteiger partial charge in [-0.3, -0.25) is 9.69 Å². The maximum atomic E-state index is 13.1. The minimum Gasteiger partial charge on any atom is -0.481 e. The minimum atomic E-state index is -0.711. The summed E-state index contributed by atoms with van der Waals surface area (Å²) < 4.78 is 0. The molecule has 31 heavy (non-hydrogen) atoms. The third kappa shape index (κ3) is 6.02. The number of anilines is 1. The van der Waals surface area contributed by atoms with Gasteiger partial charge < -0.3 is 14.9 Å². The first-order valence-electron chi connectivity index (χ1n) is 11.0. The van der Waals surface area contributed by atoms with Gasteiger partial charge in [-0.2, -0.15) is 0 Å². The summed E-state index contributed by atoms with van der Waals surface area (Å²) in [7, 11) is 2.14. The number of amides is 2. The predicted molar refractivity (Wildman–Crippen MR) is 126 cm³/mol. The zero-order valence-corrected chi connectivity index (χ0v) is 19.8. The van der Waals surface area contributed by atoms with Crippen molar-refractivity contribution in [2.24, 2.45) is 5.92 Å². The molecule has 0 aromatic carbocycles. The van der Waals surface area contributed by atoms with Gasteiger partial charge >= 0.3 is 12.0 Å². The Bertz CT molecular complexity index is 771. The summed E-state index contributed by atoms with van der Waals surface area (Å²) in [5, 5.41) is 8.88. The molecule has 1 aliphatic carbocycles. The monoisotopic (exact) mass is 472 g/mol. The Morgan fingerprint density at radius 3 is 2.48 bits per heavy atom. The Labute approximate surface area is 197 Å². The second-order valence-corrected chi connectivity index (χ2v) is 8.81. The van der Waals surface area contributed by atoms with Crippen LogP contribution in [-0.2, 0) is 17.6 Å². The first kappa shape index (κ1) is 25.7. The van der Waals surface area contributed by atoms with Gasteiger partial charge in [0.05, 0.1) is 0 Å². The smallest absolute Gasteiger partial charge is 0.326 e. The molecule has 0 bridgehead atoms. The lowest BCUT2D eigenvalue weighted by atomic mass is 9.83. The summed E-state index contributed by atoms with van der Waals surface area (Å²) in [6, 6.07) is 4.52. The molecule has 3 aliphatic rings. The summed E-state index contributed by atoms with van der Waals surface area (Å²) in [5.41, 5.74) is 2.44. The molecule has 1 N–H and O–H groups in total. The number of urea groups is 1. The number of likely N-dealkylation sites (N-methyl/N-ethyl adjacent to an activating group) is 1. The van der Waals surface area contributed by atoms with Crippen molar-refractivity contribution in [2.75, 3.05) is 38.1 Å². The van der Waals surface area contributed by atoms with E-state index in [4.69, 9.17) is 10.1 Å².